The number of nitrogens with zero attached hydrogens (tertiary/aromatic N) is 1. The minimum absolute atomic E-state index is 0.166. The zero-order chi connectivity index (χ0) is 17.5. The van der Waals surface area contributed by atoms with Crippen LogP contribution in [-0.4, -0.2) is 17.4 Å². The maximum atomic E-state index is 12.9. The summed E-state index contributed by atoms with van der Waals surface area (Å²) >= 11 is 1.51. The van der Waals surface area contributed by atoms with Crippen LogP contribution in [0.2, 0.25) is 0 Å². The molecule has 128 valence electrons. The maximum Gasteiger partial charge on any atom is 0.251 e. The fourth-order valence-electron chi connectivity index (χ4n) is 2.27. The Hall–Kier alpha value is -2.73. The first-order valence-electron chi connectivity index (χ1n) is 7.83. The summed E-state index contributed by atoms with van der Waals surface area (Å²) in [5.74, 6) is 0.197. The molecule has 0 saturated carbocycles. The minimum Gasteiger partial charge on any atom is -0.487 e. The molecule has 0 aliphatic carbocycles. The van der Waals surface area contributed by atoms with Gasteiger partial charge in [0, 0.05) is 17.5 Å². The summed E-state index contributed by atoms with van der Waals surface area (Å²) in [7, 11) is 0. The van der Waals surface area contributed by atoms with Crippen molar-refractivity contribution in [3.8, 4) is 5.75 Å². The monoisotopic (exact) mass is 356 g/mol. The predicted octanol–water partition coefficient (Wildman–Crippen LogP) is 3.83. The van der Waals surface area contributed by atoms with Crippen molar-refractivity contribution in [1.29, 1.82) is 0 Å². The first-order valence-corrected chi connectivity index (χ1v) is 8.77. The van der Waals surface area contributed by atoms with Gasteiger partial charge in [-0.2, -0.15) is 0 Å². The Bertz CT molecular complexity index is 820. The van der Waals surface area contributed by atoms with E-state index in [0.717, 1.165) is 11.3 Å². The molecule has 1 amide bonds. The number of hydrogen-bond donors (Lipinski definition) is 1. The van der Waals surface area contributed by atoms with Crippen molar-refractivity contribution in [3.63, 3.8) is 0 Å². The summed E-state index contributed by atoms with van der Waals surface area (Å²) in [5, 5.41) is 4.78. The van der Waals surface area contributed by atoms with Gasteiger partial charge in [0.25, 0.3) is 5.91 Å². The smallest absolute Gasteiger partial charge is 0.251 e. The van der Waals surface area contributed by atoms with Crippen molar-refractivity contribution in [3.05, 3.63) is 82.1 Å². The molecular weight excluding hydrogens is 339 g/mol. The Balaban J connectivity index is 1.51. The number of rotatable bonds is 7. The Kier molecular flexibility index (Phi) is 5.74. The van der Waals surface area contributed by atoms with E-state index in [-0.39, 0.29) is 11.7 Å². The largest absolute Gasteiger partial charge is 0.487 e. The van der Waals surface area contributed by atoms with Gasteiger partial charge >= 0.3 is 0 Å². The van der Waals surface area contributed by atoms with Crippen LogP contribution in [0.4, 0.5) is 4.39 Å². The molecule has 2 aromatic carbocycles. The van der Waals surface area contributed by atoms with Gasteiger partial charge < -0.3 is 10.1 Å². The van der Waals surface area contributed by atoms with Crippen LogP contribution < -0.4 is 10.1 Å². The highest BCUT2D eigenvalue weighted by Crippen LogP contribution is 2.15. The van der Waals surface area contributed by atoms with Gasteiger partial charge in [-0.1, -0.05) is 18.2 Å². The van der Waals surface area contributed by atoms with Crippen LogP contribution in [-0.2, 0) is 13.0 Å². The quantitative estimate of drug-likeness (QED) is 0.700. The summed E-state index contributed by atoms with van der Waals surface area (Å²) in [6.45, 7) is 0.855. The van der Waals surface area contributed by atoms with Gasteiger partial charge in [-0.3, -0.25) is 4.79 Å². The lowest BCUT2D eigenvalue weighted by Crippen LogP contribution is -2.25. The van der Waals surface area contributed by atoms with Crippen LogP contribution in [0.1, 0.15) is 21.6 Å². The first kappa shape index (κ1) is 17.1. The van der Waals surface area contributed by atoms with E-state index >= 15 is 0 Å². The standard InChI is InChI=1S/C19H17FN2O2S/c20-16-6-4-14(5-7-16)8-9-21-19(23)15-2-1-3-18(10-15)24-11-17-12-25-13-22-17/h1-7,10,12-13H,8-9,11H2,(H,21,23). The van der Waals surface area contributed by atoms with Crippen LogP contribution in [0.25, 0.3) is 0 Å². The minimum atomic E-state index is -0.262. The van der Waals surface area contributed by atoms with E-state index in [9.17, 15) is 9.18 Å². The van der Waals surface area contributed by atoms with Crippen molar-refractivity contribution in [2.24, 2.45) is 0 Å². The van der Waals surface area contributed by atoms with Crippen molar-refractivity contribution in [2.45, 2.75) is 13.0 Å². The second-order valence-electron chi connectivity index (χ2n) is 5.43. The van der Waals surface area contributed by atoms with Gasteiger partial charge in [0.2, 0.25) is 0 Å². The molecule has 1 N–H and O–H groups in total. The highest BCUT2D eigenvalue weighted by Gasteiger charge is 2.07. The molecule has 0 aliphatic rings. The highest BCUT2D eigenvalue weighted by molar-refractivity contribution is 7.07. The van der Waals surface area contributed by atoms with E-state index in [4.69, 9.17) is 4.74 Å². The number of benzene rings is 2. The third-order valence-corrected chi connectivity index (χ3v) is 4.21. The number of amides is 1. The molecule has 4 nitrogen and oxygen atoms in total. The van der Waals surface area contributed by atoms with Crippen LogP contribution in [0.15, 0.2) is 59.4 Å². The normalized spacial score (nSPS) is 10.4. The highest BCUT2D eigenvalue weighted by atomic mass is 32.1. The number of thiazole rings is 1. The molecule has 6 heteroatoms. The molecule has 1 aromatic heterocycles. The molecular formula is C19H17FN2O2S. The van der Waals surface area contributed by atoms with E-state index in [2.05, 4.69) is 10.3 Å². The summed E-state index contributed by atoms with van der Waals surface area (Å²) in [5.41, 5.74) is 4.13. The van der Waals surface area contributed by atoms with Crippen molar-refractivity contribution in [2.75, 3.05) is 6.54 Å². The molecule has 0 aliphatic heterocycles. The summed E-state index contributed by atoms with van der Waals surface area (Å²) in [4.78, 5) is 16.4. The molecule has 3 aromatic rings. The zero-order valence-electron chi connectivity index (χ0n) is 13.4. The average Bonchev–Trinajstić information content (AvgIpc) is 3.15. The molecule has 0 saturated heterocycles. The number of aromatic nitrogens is 1. The van der Waals surface area contributed by atoms with Crippen LogP contribution >= 0.6 is 11.3 Å². The van der Waals surface area contributed by atoms with E-state index in [1.165, 1.54) is 23.5 Å². The van der Waals surface area contributed by atoms with E-state index in [0.29, 0.717) is 30.9 Å². The number of carbonyl (C=O) groups excluding carboxylic acids is 1. The van der Waals surface area contributed by atoms with Gasteiger partial charge in [-0.15, -0.1) is 11.3 Å². The fourth-order valence-corrected chi connectivity index (χ4v) is 2.81. The van der Waals surface area contributed by atoms with Crippen LogP contribution in [0.3, 0.4) is 0 Å². The zero-order valence-corrected chi connectivity index (χ0v) is 14.3. The Morgan fingerprint density at radius 2 is 2.04 bits per heavy atom. The second kappa shape index (κ2) is 8.39. The second-order valence-corrected chi connectivity index (χ2v) is 6.15. The van der Waals surface area contributed by atoms with Crippen LogP contribution in [0, 0.1) is 5.82 Å². The lowest BCUT2D eigenvalue weighted by Gasteiger charge is -2.08. The number of carbonyl (C=O) groups is 1. The van der Waals surface area contributed by atoms with Gasteiger partial charge in [-0.25, -0.2) is 9.37 Å². The Morgan fingerprint density at radius 3 is 2.80 bits per heavy atom. The van der Waals surface area contributed by atoms with Crippen molar-refractivity contribution in [1.82, 2.24) is 10.3 Å². The van der Waals surface area contributed by atoms with E-state index in [1.54, 1.807) is 35.8 Å². The van der Waals surface area contributed by atoms with E-state index < -0.39 is 0 Å². The molecule has 25 heavy (non-hydrogen) atoms. The SMILES string of the molecule is O=C(NCCc1ccc(F)cc1)c1cccc(OCc2cscn2)c1. The summed E-state index contributed by atoms with van der Waals surface area (Å²) in [6, 6.07) is 13.3. The molecule has 0 fully saturated rings. The molecule has 1 heterocycles. The van der Waals surface area contributed by atoms with Gasteiger partial charge in [0.1, 0.15) is 18.2 Å². The van der Waals surface area contributed by atoms with Gasteiger partial charge in [0.15, 0.2) is 0 Å². The summed E-state index contributed by atoms with van der Waals surface area (Å²) < 4.78 is 18.5. The lowest BCUT2D eigenvalue weighted by molar-refractivity contribution is 0.0953. The lowest BCUT2D eigenvalue weighted by atomic mass is 10.1. The topological polar surface area (TPSA) is 51.2 Å². The molecule has 3 rings (SSSR count). The summed E-state index contributed by atoms with van der Waals surface area (Å²) in [6.07, 6.45) is 0.645. The fraction of sp³-hybridized carbons (Fsp3) is 0.158. The number of hydrogen-bond acceptors (Lipinski definition) is 4. The Morgan fingerprint density at radius 1 is 1.20 bits per heavy atom. The Labute approximate surface area is 149 Å². The van der Waals surface area contributed by atoms with Crippen LogP contribution in [0.5, 0.6) is 5.75 Å². The number of halogens is 1. The van der Waals surface area contributed by atoms with Crippen molar-refractivity contribution >= 4 is 17.2 Å². The first-order chi connectivity index (χ1) is 12.2. The predicted molar refractivity (Wildman–Crippen MR) is 95.3 cm³/mol. The molecule has 0 spiro atoms. The maximum absolute atomic E-state index is 12.9. The number of ether oxygens (including phenoxy) is 1. The molecule has 0 bridgehead atoms. The number of nitrogens with one attached hydrogen (secondary N) is 1. The molecule has 0 atom stereocenters. The third-order valence-electron chi connectivity index (χ3n) is 3.58. The third kappa shape index (κ3) is 5.12. The van der Waals surface area contributed by atoms with E-state index in [1.807, 2.05) is 11.4 Å². The van der Waals surface area contributed by atoms with Gasteiger partial charge in [0.05, 0.1) is 11.2 Å². The van der Waals surface area contributed by atoms with Crippen molar-refractivity contribution < 1.29 is 13.9 Å². The average molecular weight is 356 g/mol. The van der Waals surface area contributed by atoms with Gasteiger partial charge in [-0.05, 0) is 42.3 Å². The molecule has 0 unspecified atom stereocenters. The molecule has 0 radical (unpaired) electrons.